The third-order valence-corrected chi connectivity index (χ3v) is 4.64. The van der Waals surface area contributed by atoms with Gasteiger partial charge in [0, 0.05) is 30.7 Å². The molecule has 1 N–H and O–H groups in total. The van der Waals surface area contributed by atoms with E-state index in [0.29, 0.717) is 17.6 Å². The molecule has 1 aromatic rings. The van der Waals surface area contributed by atoms with E-state index >= 15 is 0 Å². The van der Waals surface area contributed by atoms with Crippen LogP contribution in [-0.2, 0) is 0 Å². The zero-order valence-corrected chi connectivity index (χ0v) is 13.7. The first kappa shape index (κ1) is 17.9. The Kier molecular flexibility index (Phi) is 5.81. The predicted molar refractivity (Wildman–Crippen MR) is 85.4 cm³/mol. The quantitative estimate of drug-likeness (QED) is 0.911. The number of amides is 1. The monoisotopic (exact) mass is 346 g/mol. The summed E-state index contributed by atoms with van der Waals surface area (Å²) in [6, 6.07) is 7.14. The van der Waals surface area contributed by atoms with Gasteiger partial charge in [0.15, 0.2) is 0 Å². The molecular weight excluding hydrogens is 326 g/mol. The van der Waals surface area contributed by atoms with Crippen molar-refractivity contribution in [2.75, 3.05) is 7.05 Å². The first-order chi connectivity index (χ1) is 10.5. The maximum Gasteiger partial charge on any atom is 0.387 e. The van der Waals surface area contributed by atoms with Crippen LogP contribution in [0.5, 0.6) is 5.75 Å². The minimum absolute atomic E-state index is 0. The van der Waals surface area contributed by atoms with Gasteiger partial charge in [-0.15, -0.1) is 12.4 Å². The lowest BCUT2D eigenvalue weighted by atomic mass is 9.98. The number of carbonyl (C=O) groups excluding carboxylic acids is 1. The highest BCUT2D eigenvalue weighted by Gasteiger charge is 2.36. The molecular formula is C16H21ClF2N2O2. The normalized spacial score (nSPS) is 25.8. The van der Waals surface area contributed by atoms with Gasteiger partial charge in [-0.3, -0.25) is 4.79 Å². The van der Waals surface area contributed by atoms with E-state index in [9.17, 15) is 13.6 Å². The van der Waals surface area contributed by atoms with Crippen molar-refractivity contribution < 1.29 is 18.3 Å². The Morgan fingerprint density at radius 1 is 1.22 bits per heavy atom. The molecule has 2 saturated heterocycles. The molecule has 2 fully saturated rings. The van der Waals surface area contributed by atoms with Crippen LogP contribution in [0.15, 0.2) is 24.3 Å². The summed E-state index contributed by atoms with van der Waals surface area (Å²) < 4.78 is 28.5. The SMILES string of the molecule is CN(C(=O)c1ccc(OC(F)F)cc1)C1CC2CCC(C1)N2.Cl. The molecule has 0 saturated carbocycles. The van der Waals surface area contributed by atoms with E-state index in [1.165, 1.54) is 37.1 Å². The summed E-state index contributed by atoms with van der Waals surface area (Å²) >= 11 is 0. The lowest BCUT2D eigenvalue weighted by molar-refractivity contribution is -0.0498. The summed E-state index contributed by atoms with van der Waals surface area (Å²) in [5, 5.41) is 3.55. The summed E-state index contributed by atoms with van der Waals surface area (Å²) in [4.78, 5) is 14.3. The number of nitrogens with one attached hydrogen (secondary N) is 1. The summed E-state index contributed by atoms with van der Waals surface area (Å²) in [5.41, 5.74) is 0.495. The molecule has 0 aromatic heterocycles. The molecule has 1 aromatic carbocycles. The molecule has 23 heavy (non-hydrogen) atoms. The third-order valence-electron chi connectivity index (χ3n) is 4.64. The van der Waals surface area contributed by atoms with Crippen LogP contribution >= 0.6 is 12.4 Å². The maximum atomic E-state index is 12.5. The lowest BCUT2D eigenvalue weighted by Crippen LogP contribution is -2.48. The Morgan fingerprint density at radius 2 is 1.78 bits per heavy atom. The predicted octanol–water partition coefficient (Wildman–Crippen LogP) is 3.06. The van der Waals surface area contributed by atoms with Crippen LogP contribution in [0.1, 0.15) is 36.0 Å². The summed E-state index contributed by atoms with van der Waals surface area (Å²) in [5.74, 6) is -0.0102. The number of benzene rings is 1. The maximum absolute atomic E-state index is 12.5. The molecule has 2 atom stereocenters. The minimum atomic E-state index is -2.85. The van der Waals surface area contributed by atoms with Crippen LogP contribution in [-0.4, -0.2) is 42.6 Å². The molecule has 2 heterocycles. The molecule has 2 unspecified atom stereocenters. The summed E-state index contributed by atoms with van der Waals surface area (Å²) in [6.45, 7) is -2.85. The van der Waals surface area contributed by atoms with E-state index in [0.717, 1.165) is 12.8 Å². The van der Waals surface area contributed by atoms with Gasteiger partial charge in [0.2, 0.25) is 0 Å². The number of alkyl halides is 2. The van der Waals surface area contributed by atoms with Gasteiger partial charge < -0.3 is 15.0 Å². The number of rotatable bonds is 4. The molecule has 4 nitrogen and oxygen atoms in total. The van der Waals surface area contributed by atoms with Crippen molar-refractivity contribution in [1.29, 1.82) is 0 Å². The van der Waals surface area contributed by atoms with Crippen molar-refractivity contribution in [2.45, 2.75) is 50.4 Å². The van der Waals surface area contributed by atoms with Crippen LogP contribution in [0, 0.1) is 0 Å². The molecule has 7 heteroatoms. The first-order valence-electron chi connectivity index (χ1n) is 7.61. The van der Waals surface area contributed by atoms with E-state index in [1.807, 2.05) is 7.05 Å². The molecule has 3 rings (SSSR count). The second-order valence-electron chi connectivity index (χ2n) is 6.08. The van der Waals surface area contributed by atoms with Crippen molar-refractivity contribution in [2.24, 2.45) is 0 Å². The van der Waals surface area contributed by atoms with E-state index in [1.54, 1.807) is 4.90 Å². The fourth-order valence-electron chi connectivity index (χ4n) is 3.49. The fraction of sp³-hybridized carbons (Fsp3) is 0.562. The van der Waals surface area contributed by atoms with Gasteiger partial charge in [0.1, 0.15) is 5.75 Å². The van der Waals surface area contributed by atoms with Gasteiger partial charge in [-0.1, -0.05) is 0 Å². The third kappa shape index (κ3) is 4.12. The zero-order valence-electron chi connectivity index (χ0n) is 12.9. The number of halogens is 3. The molecule has 1 amide bonds. The number of piperidine rings is 1. The Morgan fingerprint density at radius 3 is 2.30 bits per heavy atom. The zero-order chi connectivity index (χ0) is 15.7. The molecule has 0 aliphatic carbocycles. The van der Waals surface area contributed by atoms with Gasteiger partial charge in [-0.25, -0.2) is 0 Å². The number of hydrogen-bond donors (Lipinski definition) is 1. The van der Waals surface area contributed by atoms with E-state index in [2.05, 4.69) is 10.1 Å². The van der Waals surface area contributed by atoms with Gasteiger partial charge in [-0.2, -0.15) is 8.78 Å². The van der Waals surface area contributed by atoms with Gasteiger partial charge >= 0.3 is 6.61 Å². The van der Waals surface area contributed by atoms with Gasteiger partial charge in [0.05, 0.1) is 0 Å². The molecule has 0 radical (unpaired) electrons. The fourth-order valence-corrected chi connectivity index (χ4v) is 3.49. The first-order valence-corrected chi connectivity index (χ1v) is 7.61. The largest absolute Gasteiger partial charge is 0.435 e. The average Bonchev–Trinajstić information content (AvgIpc) is 2.84. The van der Waals surface area contributed by atoms with Gasteiger partial charge in [0.25, 0.3) is 5.91 Å². The van der Waals surface area contributed by atoms with Crippen molar-refractivity contribution in [3.63, 3.8) is 0 Å². The highest BCUT2D eigenvalue weighted by Crippen LogP contribution is 2.30. The topological polar surface area (TPSA) is 41.6 Å². The van der Waals surface area contributed by atoms with Crippen molar-refractivity contribution in [1.82, 2.24) is 10.2 Å². The van der Waals surface area contributed by atoms with Crippen LogP contribution in [0.4, 0.5) is 8.78 Å². The summed E-state index contributed by atoms with van der Waals surface area (Å²) in [6.07, 6.45) is 4.32. The lowest BCUT2D eigenvalue weighted by Gasteiger charge is -2.35. The number of ether oxygens (including phenoxy) is 1. The highest BCUT2D eigenvalue weighted by atomic mass is 35.5. The Bertz CT molecular complexity index is 529. The summed E-state index contributed by atoms with van der Waals surface area (Å²) in [7, 11) is 1.82. The van der Waals surface area contributed by atoms with Crippen LogP contribution < -0.4 is 10.1 Å². The minimum Gasteiger partial charge on any atom is -0.435 e. The standard InChI is InChI=1S/C16H20F2N2O2.ClH/c1-20(13-8-11-4-5-12(9-13)19-11)15(21)10-2-6-14(7-3-10)22-16(17)18;/h2-3,6-7,11-13,16,19H,4-5,8-9H2,1H3;1H. The molecule has 2 aliphatic rings. The molecule has 128 valence electrons. The number of nitrogens with zero attached hydrogens (tertiary/aromatic N) is 1. The van der Waals surface area contributed by atoms with Crippen LogP contribution in [0.3, 0.4) is 0 Å². The van der Waals surface area contributed by atoms with Gasteiger partial charge in [-0.05, 0) is 49.9 Å². The molecule has 2 bridgehead atoms. The van der Waals surface area contributed by atoms with Crippen molar-refractivity contribution in [3.8, 4) is 5.75 Å². The van der Waals surface area contributed by atoms with Crippen LogP contribution in [0.2, 0.25) is 0 Å². The van der Waals surface area contributed by atoms with Crippen LogP contribution in [0.25, 0.3) is 0 Å². The smallest absolute Gasteiger partial charge is 0.387 e. The second kappa shape index (κ2) is 7.45. The Hall–Kier alpha value is -1.40. The van der Waals surface area contributed by atoms with Crippen molar-refractivity contribution >= 4 is 18.3 Å². The second-order valence-corrected chi connectivity index (χ2v) is 6.08. The highest BCUT2D eigenvalue weighted by molar-refractivity contribution is 5.94. The molecule has 0 spiro atoms. The molecule has 2 aliphatic heterocycles. The van der Waals surface area contributed by atoms with Crippen molar-refractivity contribution in [3.05, 3.63) is 29.8 Å². The van der Waals surface area contributed by atoms with E-state index < -0.39 is 6.61 Å². The van der Waals surface area contributed by atoms with E-state index in [-0.39, 0.29) is 30.1 Å². The number of hydrogen-bond acceptors (Lipinski definition) is 3. The number of fused-ring (bicyclic) bond motifs is 2. The average molecular weight is 347 g/mol. The Labute approximate surface area is 140 Å². The number of carbonyl (C=O) groups is 1. The Balaban J connectivity index is 0.00000192. The van der Waals surface area contributed by atoms with E-state index in [4.69, 9.17) is 0 Å².